The Hall–Kier alpha value is -1.10. The number of hydrogen-bond donors (Lipinski definition) is 2. The van der Waals surface area contributed by atoms with Crippen LogP contribution in [0.15, 0.2) is 24.3 Å². The second kappa shape index (κ2) is 7.62. The number of amides is 1. The molecule has 0 radical (unpaired) electrons. The van der Waals surface area contributed by atoms with Gasteiger partial charge in [0, 0.05) is 23.3 Å². The summed E-state index contributed by atoms with van der Waals surface area (Å²) < 4.78 is 0. The first-order valence-electron chi connectivity index (χ1n) is 7.13. The van der Waals surface area contributed by atoms with Gasteiger partial charge in [-0.15, -0.1) is 0 Å². The van der Waals surface area contributed by atoms with E-state index in [1.807, 2.05) is 19.2 Å². The minimum atomic E-state index is 0.0234. The van der Waals surface area contributed by atoms with Crippen LogP contribution in [-0.4, -0.2) is 43.5 Å². The quantitative estimate of drug-likeness (QED) is 0.876. The molecule has 1 aliphatic rings. The number of likely N-dealkylation sites (tertiary alicyclic amines) is 1. The third kappa shape index (κ3) is 4.47. The van der Waals surface area contributed by atoms with Crippen molar-refractivity contribution < 1.29 is 4.79 Å². The number of nitrogens with one attached hydrogen (secondary N) is 2. The number of hydrogen-bond acceptors (Lipinski definition) is 3. The van der Waals surface area contributed by atoms with E-state index in [0.29, 0.717) is 17.6 Å². The Morgan fingerprint density at radius 3 is 3.05 bits per heavy atom. The standard InChI is InChI=1S/C15H22ClN3O/c1-17-10-14-7-2-3-8-19(14)11-15(20)18-13-6-4-5-12(16)9-13/h4-6,9,14,17H,2-3,7-8,10-11H2,1H3,(H,18,20). The molecule has 1 saturated heterocycles. The van der Waals surface area contributed by atoms with Crippen LogP contribution >= 0.6 is 11.6 Å². The fraction of sp³-hybridized carbons (Fsp3) is 0.533. The molecule has 1 atom stereocenters. The Balaban J connectivity index is 1.89. The van der Waals surface area contributed by atoms with Crippen molar-refractivity contribution in [3.05, 3.63) is 29.3 Å². The highest BCUT2D eigenvalue weighted by Crippen LogP contribution is 2.17. The Kier molecular flexibility index (Phi) is 5.83. The number of benzene rings is 1. The van der Waals surface area contributed by atoms with Gasteiger partial charge in [-0.05, 0) is 44.6 Å². The summed E-state index contributed by atoms with van der Waals surface area (Å²) in [5.41, 5.74) is 0.754. The van der Waals surface area contributed by atoms with Crippen molar-refractivity contribution in [2.24, 2.45) is 0 Å². The van der Waals surface area contributed by atoms with E-state index in [4.69, 9.17) is 11.6 Å². The maximum atomic E-state index is 12.1. The highest BCUT2D eigenvalue weighted by Gasteiger charge is 2.23. The largest absolute Gasteiger partial charge is 0.325 e. The predicted molar refractivity (Wildman–Crippen MR) is 83.2 cm³/mol. The summed E-state index contributed by atoms with van der Waals surface area (Å²) in [6.07, 6.45) is 3.58. The zero-order chi connectivity index (χ0) is 14.4. The van der Waals surface area contributed by atoms with Crippen LogP contribution in [0.3, 0.4) is 0 Å². The van der Waals surface area contributed by atoms with E-state index in [1.54, 1.807) is 12.1 Å². The molecule has 4 nitrogen and oxygen atoms in total. The van der Waals surface area contributed by atoms with Gasteiger partial charge in [-0.25, -0.2) is 0 Å². The van der Waals surface area contributed by atoms with Crippen molar-refractivity contribution in [1.82, 2.24) is 10.2 Å². The summed E-state index contributed by atoms with van der Waals surface area (Å²) in [6, 6.07) is 7.71. The topological polar surface area (TPSA) is 44.4 Å². The van der Waals surface area contributed by atoms with Crippen LogP contribution in [0.4, 0.5) is 5.69 Å². The molecule has 5 heteroatoms. The molecular formula is C15H22ClN3O. The number of halogens is 1. The zero-order valence-corrected chi connectivity index (χ0v) is 12.6. The number of anilines is 1. The summed E-state index contributed by atoms with van der Waals surface area (Å²) in [5.74, 6) is 0.0234. The monoisotopic (exact) mass is 295 g/mol. The molecule has 0 aliphatic carbocycles. The lowest BCUT2D eigenvalue weighted by atomic mass is 10.0. The van der Waals surface area contributed by atoms with Crippen LogP contribution < -0.4 is 10.6 Å². The lowest BCUT2D eigenvalue weighted by molar-refractivity contribution is -0.118. The molecule has 1 unspecified atom stereocenters. The van der Waals surface area contributed by atoms with Crippen LogP contribution in [0.2, 0.25) is 5.02 Å². The maximum absolute atomic E-state index is 12.1. The van der Waals surface area contributed by atoms with E-state index in [0.717, 1.165) is 25.2 Å². The Labute approximate surface area is 125 Å². The first kappa shape index (κ1) is 15.3. The van der Waals surface area contributed by atoms with Gasteiger partial charge in [0.25, 0.3) is 0 Å². The molecule has 1 aromatic carbocycles. The molecule has 0 spiro atoms. The van der Waals surface area contributed by atoms with Gasteiger partial charge < -0.3 is 10.6 Å². The van der Waals surface area contributed by atoms with Crippen molar-refractivity contribution in [3.8, 4) is 0 Å². The van der Waals surface area contributed by atoms with E-state index in [1.165, 1.54) is 12.8 Å². The number of rotatable bonds is 5. The predicted octanol–water partition coefficient (Wildman–Crippen LogP) is 2.35. The van der Waals surface area contributed by atoms with Crippen molar-refractivity contribution in [2.45, 2.75) is 25.3 Å². The SMILES string of the molecule is CNCC1CCCCN1CC(=O)Nc1cccc(Cl)c1. The van der Waals surface area contributed by atoms with Gasteiger partial charge in [0.15, 0.2) is 0 Å². The minimum Gasteiger partial charge on any atom is -0.325 e. The first-order chi connectivity index (χ1) is 9.69. The summed E-state index contributed by atoms with van der Waals surface area (Å²) in [6.45, 7) is 2.37. The molecule has 2 N–H and O–H groups in total. The summed E-state index contributed by atoms with van der Waals surface area (Å²) in [5, 5.41) is 6.75. The fourth-order valence-electron chi connectivity index (χ4n) is 2.69. The van der Waals surface area contributed by atoms with Gasteiger partial charge in [-0.1, -0.05) is 24.1 Å². The van der Waals surface area contributed by atoms with Crippen molar-refractivity contribution in [2.75, 3.05) is 32.0 Å². The van der Waals surface area contributed by atoms with E-state index in [-0.39, 0.29) is 5.91 Å². The molecule has 1 aliphatic heterocycles. The Morgan fingerprint density at radius 1 is 1.45 bits per heavy atom. The van der Waals surface area contributed by atoms with Gasteiger partial charge in [0.1, 0.15) is 0 Å². The molecule has 2 rings (SSSR count). The van der Waals surface area contributed by atoms with Crippen LogP contribution in [0, 0.1) is 0 Å². The Bertz CT molecular complexity index is 450. The molecule has 0 aromatic heterocycles. The molecule has 110 valence electrons. The maximum Gasteiger partial charge on any atom is 0.238 e. The van der Waals surface area contributed by atoms with Gasteiger partial charge in [0.2, 0.25) is 5.91 Å². The number of nitrogens with zero attached hydrogens (tertiary/aromatic N) is 1. The molecule has 0 saturated carbocycles. The molecular weight excluding hydrogens is 274 g/mol. The second-order valence-corrected chi connectivity index (χ2v) is 5.67. The zero-order valence-electron chi connectivity index (χ0n) is 11.9. The van der Waals surface area contributed by atoms with Gasteiger partial charge >= 0.3 is 0 Å². The molecule has 1 amide bonds. The van der Waals surface area contributed by atoms with Gasteiger partial charge in [-0.2, -0.15) is 0 Å². The van der Waals surface area contributed by atoms with Crippen molar-refractivity contribution >= 4 is 23.2 Å². The van der Waals surface area contributed by atoms with Gasteiger partial charge in [0.05, 0.1) is 6.54 Å². The van der Waals surface area contributed by atoms with Crippen LogP contribution in [-0.2, 0) is 4.79 Å². The van der Waals surface area contributed by atoms with E-state index >= 15 is 0 Å². The molecule has 1 heterocycles. The van der Waals surface area contributed by atoms with E-state index in [2.05, 4.69) is 15.5 Å². The van der Waals surface area contributed by atoms with Gasteiger partial charge in [-0.3, -0.25) is 9.69 Å². The fourth-order valence-corrected chi connectivity index (χ4v) is 2.88. The Morgan fingerprint density at radius 2 is 2.30 bits per heavy atom. The number of likely N-dealkylation sites (N-methyl/N-ethyl adjacent to an activating group) is 1. The molecule has 1 fully saturated rings. The smallest absolute Gasteiger partial charge is 0.238 e. The summed E-state index contributed by atoms with van der Waals surface area (Å²) >= 11 is 5.91. The average Bonchev–Trinajstić information content (AvgIpc) is 2.41. The summed E-state index contributed by atoms with van der Waals surface area (Å²) in [4.78, 5) is 14.4. The normalized spacial score (nSPS) is 19.8. The van der Waals surface area contributed by atoms with Crippen molar-refractivity contribution in [3.63, 3.8) is 0 Å². The third-order valence-corrected chi connectivity index (χ3v) is 3.88. The lowest BCUT2D eigenvalue weighted by Crippen LogP contribution is -2.47. The summed E-state index contributed by atoms with van der Waals surface area (Å²) in [7, 11) is 1.96. The lowest BCUT2D eigenvalue weighted by Gasteiger charge is -2.35. The van der Waals surface area contributed by atoms with E-state index in [9.17, 15) is 4.79 Å². The van der Waals surface area contributed by atoms with Crippen LogP contribution in [0.1, 0.15) is 19.3 Å². The first-order valence-corrected chi connectivity index (χ1v) is 7.51. The molecule has 0 bridgehead atoms. The second-order valence-electron chi connectivity index (χ2n) is 5.24. The molecule has 1 aromatic rings. The van der Waals surface area contributed by atoms with Crippen LogP contribution in [0.25, 0.3) is 0 Å². The average molecular weight is 296 g/mol. The van der Waals surface area contributed by atoms with Crippen molar-refractivity contribution in [1.29, 1.82) is 0 Å². The molecule has 20 heavy (non-hydrogen) atoms. The van der Waals surface area contributed by atoms with Crippen LogP contribution in [0.5, 0.6) is 0 Å². The highest BCUT2D eigenvalue weighted by molar-refractivity contribution is 6.30. The third-order valence-electron chi connectivity index (χ3n) is 3.64. The highest BCUT2D eigenvalue weighted by atomic mass is 35.5. The number of piperidine rings is 1. The van der Waals surface area contributed by atoms with E-state index < -0.39 is 0 Å². The number of carbonyl (C=O) groups excluding carboxylic acids is 1. The minimum absolute atomic E-state index is 0.0234. The number of carbonyl (C=O) groups is 1.